The molecule has 0 aromatic heterocycles. The number of rotatable bonds is 12. The molecule has 0 radical (unpaired) electrons. The normalized spacial score (nSPS) is 40.8. The van der Waals surface area contributed by atoms with E-state index in [1.54, 1.807) is 0 Å². The number of halogens is 13. The molecule has 4 saturated carbocycles. The predicted molar refractivity (Wildman–Crippen MR) is 114 cm³/mol. The number of alkyl halides is 13. The molecule has 3 atom stereocenters. The Morgan fingerprint density at radius 2 is 0.610 bits per heavy atom. The summed E-state index contributed by atoms with van der Waals surface area (Å²) in [5.74, 6) is -43.0. The van der Waals surface area contributed by atoms with Crippen LogP contribution in [0, 0.1) is 0 Å². The molecule has 0 spiro atoms. The lowest BCUT2D eigenvalue weighted by molar-refractivity contribution is -0.640. The van der Waals surface area contributed by atoms with Crippen molar-refractivity contribution < 1.29 is 71.3 Å². The molecule has 4 fully saturated rings. The lowest BCUT2D eigenvalue weighted by atomic mass is 9.38. The molecule has 41 heavy (non-hydrogen) atoms. The van der Waals surface area contributed by atoms with Gasteiger partial charge in [-0.15, -0.1) is 0 Å². The monoisotopic (exact) mass is 631 g/mol. The fourth-order valence-electron chi connectivity index (χ4n) is 5.70. The topological polar surface area (TPSA) is 106 Å². The van der Waals surface area contributed by atoms with Crippen molar-refractivity contribution in [2.45, 2.75) is 116 Å². The van der Waals surface area contributed by atoms with Crippen LogP contribution in [0.4, 0.5) is 57.1 Å². The van der Waals surface area contributed by atoms with Gasteiger partial charge in [-0.3, -0.25) is 0 Å². The minimum absolute atomic E-state index is 0.415. The van der Waals surface area contributed by atoms with Gasteiger partial charge in [0.05, 0.1) is 19.8 Å². The van der Waals surface area contributed by atoms with Crippen LogP contribution in [0.2, 0.25) is 0 Å². The van der Waals surface area contributed by atoms with Crippen molar-refractivity contribution in [3.63, 3.8) is 0 Å². The zero-order valence-corrected chi connectivity index (χ0v) is 21.8. The third-order valence-electron chi connectivity index (χ3n) is 8.39. The number of ether oxygens (including phenoxy) is 3. The van der Waals surface area contributed by atoms with E-state index in [9.17, 15) is 0 Å². The van der Waals surface area contributed by atoms with E-state index < -0.39 is 115 Å². The summed E-state index contributed by atoms with van der Waals surface area (Å²) in [4.78, 5) is 0. The Hall–Kier alpha value is -1.15. The van der Waals surface area contributed by atoms with Gasteiger partial charge in [0.15, 0.2) is 0 Å². The first-order chi connectivity index (χ1) is 18.4. The molecule has 6 nitrogen and oxygen atoms in total. The highest BCUT2D eigenvalue weighted by molar-refractivity contribution is 5.55. The zero-order valence-electron chi connectivity index (χ0n) is 21.8. The van der Waals surface area contributed by atoms with Crippen LogP contribution in [0.5, 0.6) is 0 Å². The molecule has 0 amide bonds. The van der Waals surface area contributed by atoms with Gasteiger partial charge in [0.2, 0.25) is 0 Å². The van der Waals surface area contributed by atoms with Gasteiger partial charge < -0.3 is 31.4 Å². The van der Waals surface area contributed by atoms with E-state index in [-0.39, 0.29) is 0 Å². The Morgan fingerprint density at radius 3 is 0.780 bits per heavy atom. The van der Waals surface area contributed by atoms with Gasteiger partial charge in [0, 0.05) is 18.1 Å². The number of hydrogen-bond donors (Lipinski definition) is 3. The van der Waals surface area contributed by atoms with Crippen molar-refractivity contribution in [2.75, 3.05) is 19.8 Å². The Bertz CT molecular complexity index is 873. The van der Waals surface area contributed by atoms with Crippen LogP contribution >= 0.6 is 0 Å². The molecule has 19 heteroatoms. The highest BCUT2D eigenvalue weighted by atomic mass is 19.3. The van der Waals surface area contributed by atoms with Crippen LogP contribution in [0.1, 0.15) is 40.0 Å². The first-order valence-corrected chi connectivity index (χ1v) is 12.5. The summed E-state index contributed by atoms with van der Waals surface area (Å²) < 4.78 is 220. The second kappa shape index (κ2) is 9.42. The average molecular weight is 631 g/mol. The third kappa shape index (κ3) is 3.08. The first kappa shape index (κ1) is 34.3. The van der Waals surface area contributed by atoms with Crippen LogP contribution < -0.4 is 17.2 Å². The van der Waals surface area contributed by atoms with Crippen LogP contribution in [-0.4, -0.2) is 96.0 Å². The molecule has 3 unspecified atom stereocenters. The maximum absolute atomic E-state index is 16.2. The van der Waals surface area contributed by atoms with E-state index in [1.165, 1.54) is 0 Å². The summed E-state index contributed by atoms with van der Waals surface area (Å²) >= 11 is 0. The molecular weight excluding hydrogens is 601 g/mol. The zero-order chi connectivity index (χ0) is 32.1. The lowest BCUT2D eigenvalue weighted by Gasteiger charge is -2.77. The van der Waals surface area contributed by atoms with Gasteiger partial charge in [-0.05, 0) is 19.3 Å². The number of hydrogen-bond acceptors (Lipinski definition) is 6. The number of nitrogens with two attached hydrogens (primary N) is 3. The highest BCUT2D eigenvalue weighted by Gasteiger charge is 3.22. The van der Waals surface area contributed by atoms with Gasteiger partial charge in [0.25, 0.3) is 16.8 Å². The SMILES string of the molecule is CCC(N)COC12C(F)(F)C3(F)C(F)(F)C(OCC(N)CC)(C1(F)F)C(F)(F)C(OCC(N)CC)(C3(F)F)C2(F)F. The van der Waals surface area contributed by atoms with Crippen LogP contribution in [0.15, 0.2) is 0 Å². The summed E-state index contributed by atoms with van der Waals surface area (Å²) in [5, 5.41) is 0. The maximum atomic E-state index is 16.2. The molecule has 4 rings (SSSR count). The Labute approximate surface area is 225 Å². The molecule has 0 heterocycles. The first-order valence-electron chi connectivity index (χ1n) is 12.5. The van der Waals surface area contributed by atoms with Gasteiger partial charge in [0.1, 0.15) is 0 Å². The van der Waals surface area contributed by atoms with Crippen LogP contribution in [0.25, 0.3) is 0 Å². The molecule has 0 aromatic rings. The summed E-state index contributed by atoms with van der Waals surface area (Å²) in [6.45, 7) is -2.14. The highest BCUT2D eigenvalue weighted by Crippen LogP contribution is 2.88. The molecule has 4 bridgehead atoms. The largest absolute Gasteiger partial charge is 0.356 e. The van der Waals surface area contributed by atoms with Crippen molar-refractivity contribution in [3.05, 3.63) is 0 Å². The van der Waals surface area contributed by atoms with E-state index in [4.69, 9.17) is 17.2 Å². The van der Waals surface area contributed by atoms with Crippen molar-refractivity contribution in [1.29, 1.82) is 0 Å². The fraction of sp³-hybridized carbons (Fsp3) is 1.00. The molecule has 0 saturated heterocycles. The van der Waals surface area contributed by atoms with E-state index in [0.29, 0.717) is 0 Å². The molecule has 6 N–H and O–H groups in total. The molecule has 0 aromatic carbocycles. The molecule has 4 aliphatic carbocycles. The quantitative estimate of drug-likeness (QED) is 0.281. The van der Waals surface area contributed by atoms with Gasteiger partial charge in [-0.1, -0.05) is 20.8 Å². The molecule has 4 aliphatic rings. The molecule has 242 valence electrons. The van der Waals surface area contributed by atoms with Crippen LogP contribution in [-0.2, 0) is 14.2 Å². The minimum atomic E-state index is -7.30. The smallest absolute Gasteiger partial charge is 0.334 e. The van der Waals surface area contributed by atoms with Crippen molar-refractivity contribution in [3.8, 4) is 0 Å². The lowest BCUT2D eigenvalue weighted by Crippen LogP contribution is -3.12. The fourth-order valence-corrected chi connectivity index (χ4v) is 5.70. The Kier molecular flexibility index (Phi) is 7.89. The van der Waals surface area contributed by atoms with Gasteiger partial charge in [-0.2, -0.15) is 52.7 Å². The van der Waals surface area contributed by atoms with E-state index >= 15 is 57.1 Å². The Balaban J connectivity index is 2.62. The summed E-state index contributed by atoms with van der Waals surface area (Å²) in [7, 11) is 0. The maximum Gasteiger partial charge on any atom is 0.334 e. The van der Waals surface area contributed by atoms with Crippen molar-refractivity contribution in [2.24, 2.45) is 17.2 Å². The summed E-state index contributed by atoms with van der Waals surface area (Å²) in [6.07, 6.45) is -1.24. The van der Waals surface area contributed by atoms with Gasteiger partial charge >= 0.3 is 41.2 Å². The summed E-state index contributed by atoms with van der Waals surface area (Å²) in [5.41, 5.74) is -10.6. The predicted octanol–water partition coefficient (Wildman–Crippen LogP) is 4.03. The minimum Gasteiger partial charge on any atom is -0.356 e. The van der Waals surface area contributed by atoms with E-state index in [0.717, 1.165) is 20.8 Å². The van der Waals surface area contributed by atoms with Gasteiger partial charge in [-0.25, -0.2) is 4.39 Å². The van der Waals surface area contributed by atoms with E-state index in [2.05, 4.69) is 14.2 Å². The standard InChI is InChI=1S/C22H30F13N3O3/c1-4-10(36)7-39-14-17(24,25)13(23)18(26,27)15(20(14,30)31,40-8-11(37)5-2)22(34,35)16(19(13,28)29,21(14,32)33)41-9-12(38)6-3/h10-12H,4-9,36-38H2,1-3H3. The summed E-state index contributed by atoms with van der Waals surface area (Å²) in [6, 6.07) is -5.21. The molecule has 0 aliphatic heterocycles. The van der Waals surface area contributed by atoms with Crippen LogP contribution in [0.3, 0.4) is 0 Å². The second-order valence-corrected chi connectivity index (χ2v) is 10.6. The van der Waals surface area contributed by atoms with Crippen molar-refractivity contribution >= 4 is 0 Å². The second-order valence-electron chi connectivity index (χ2n) is 10.6. The Morgan fingerprint density at radius 1 is 0.415 bits per heavy atom. The third-order valence-corrected chi connectivity index (χ3v) is 8.39. The van der Waals surface area contributed by atoms with E-state index in [1.807, 2.05) is 0 Å². The van der Waals surface area contributed by atoms with Crippen molar-refractivity contribution in [1.82, 2.24) is 0 Å². The average Bonchev–Trinajstić information content (AvgIpc) is 2.84. The molecular formula is C22H30F13N3O3.